The summed E-state index contributed by atoms with van der Waals surface area (Å²) >= 11 is 0. The fraction of sp³-hybridized carbons (Fsp3) is 0.571. The van der Waals surface area contributed by atoms with Crippen LogP contribution in [0.25, 0.3) is 0 Å². The number of ether oxygens (including phenoxy) is 1. The molecule has 0 radical (unpaired) electrons. The van der Waals surface area contributed by atoms with Crippen molar-refractivity contribution in [2.24, 2.45) is 5.73 Å². The molecule has 0 saturated carbocycles. The minimum atomic E-state index is -0.180. The largest absolute Gasteiger partial charge is 0.489 e. The first-order chi connectivity index (χ1) is 8.54. The normalized spacial score (nSPS) is 18.4. The summed E-state index contributed by atoms with van der Waals surface area (Å²) in [6, 6.07) is 6.30. The lowest BCUT2D eigenvalue weighted by molar-refractivity contribution is 0.305. The Balaban J connectivity index is 1.98. The van der Waals surface area contributed by atoms with Gasteiger partial charge in [-0.3, -0.25) is 0 Å². The zero-order chi connectivity index (χ0) is 12.8. The topological polar surface area (TPSA) is 41.7 Å². The van der Waals surface area contributed by atoms with Gasteiger partial charge in [0, 0.05) is 25.2 Å². The van der Waals surface area contributed by atoms with Crippen molar-refractivity contribution >= 4 is 11.4 Å². The van der Waals surface area contributed by atoms with Crippen molar-refractivity contribution < 1.29 is 4.74 Å². The Morgan fingerprint density at radius 3 is 2.89 bits per heavy atom. The molecule has 2 aliphatic rings. The van der Waals surface area contributed by atoms with E-state index in [1.807, 2.05) is 0 Å². The lowest BCUT2D eigenvalue weighted by Gasteiger charge is -2.43. The number of para-hydroxylation sites is 1. The van der Waals surface area contributed by atoms with Crippen molar-refractivity contribution in [3.63, 3.8) is 0 Å². The van der Waals surface area contributed by atoms with Gasteiger partial charge in [-0.1, -0.05) is 6.07 Å². The van der Waals surface area contributed by atoms with E-state index in [1.54, 1.807) is 0 Å². The summed E-state index contributed by atoms with van der Waals surface area (Å²) < 4.78 is 5.75. The number of nitrogens with zero attached hydrogens (tertiary/aromatic N) is 2. The first-order valence-corrected chi connectivity index (χ1v) is 6.59. The highest BCUT2D eigenvalue weighted by Crippen LogP contribution is 2.42. The summed E-state index contributed by atoms with van der Waals surface area (Å²) in [5.41, 5.74) is 8.49. The van der Waals surface area contributed by atoms with Crippen LogP contribution in [0.15, 0.2) is 18.2 Å². The van der Waals surface area contributed by atoms with E-state index in [-0.39, 0.29) is 5.54 Å². The maximum Gasteiger partial charge on any atom is 0.144 e. The first-order valence-electron chi connectivity index (χ1n) is 6.59. The molecule has 2 N–H and O–H groups in total. The number of benzene rings is 1. The molecule has 0 unspecified atom stereocenters. The molecular weight excluding hydrogens is 226 g/mol. The highest BCUT2D eigenvalue weighted by atomic mass is 16.5. The van der Waals surface area contributed by atoms with Gasteiger partial charge in [0.1, 0.15) is 18.0 Å². The average molecular weight is 247 g/mol. The van der Waals surface area contributed by atoms with Gasteiger partial charge in [0.05, 0.1) is 12.2 Å². The molecule has 0 bridgehead atoms. The lowest BCUT2D eigenvalue weighted by atomic mass is 10.0. The van der Waals surface area contributed by atoms with Crippen molar-refractivity contribution in [2.45, 2.75) is 19.4 Å². The van der Waals surface area contributed by atoms with Crippen LogP contribution in [-0.4, -0.2) is 38.3 Å². The number of rotatable bonds is 2. The van der Waals surface area contributed by atoms with Crippen LogP contribution in [0.1, 0.15) is 13.8 Å². The van der Waals surface area contributed by atoms with Crippen LogP contribution in [0.2, 0.25) is 0 Å². The monoisotopic (exact) mass is 247 g/mol. The van der Waals surface area contributed by atoms with Crippen molar-refractivity contribution in [1.29, 1.82) is 0 Å². The van der Waals surface area contributed by atoms with E-state index in [0.29, 0.717) is 0 Å². The van der Waals surface area contributed by atoms with E-state index in [4.69, 9.17) is 10.5 Å². The van der Waals surface area contributed by atoms with Crippen LogP contribution < -0.4 is 20.3 Å². The van der Waals surface area contributed by atoms with Gasteiger partial charge >= 0.3 is 0 Å². The number of anilines is 2. The summed E-state index contributed by atoms with van der Waals surface area (Å²) in [7, 11) is 0. The van der Waals surface area contributed by atoms with Crippen LogP contribution in [-0.2, 0) is 0 Å². The molecule has 0 spiro atoms. The standard InChI is InChI=1S/C14H21N3O/c1-14(2,15)10-17-7-6-16-8-9-18-12-5-3-4-11(17)13(12)16/h3-5H,6-10,15H2,1-2H3. The fourth-order valence-electron chi connectivity index (χ4n) is 2.82. The summed E-state index contributed by atoms with van der Waals surface area (Å²) in [6.07, 6.45) is 0. The van der Waals surface area contributed by atoms with Crippen molar-refractivity contribution in [3.8, 4) is 5.75 Å². The van der Waals surface area contributed by atoms with Gasteiger partial charge in [0.2, 0.25) is 0 Å². The molecule has 0 amide bonds. The quantitative estimate of drug-likeness (QED) is 0.858. The molecule has 3 rings (SSSR count). The second-order valence-corrected chi connectivity index (χ2v) is 5.87. The number of hydrogen-bond donors (Lipinski definition) is 1. The summed E-state index contributed by atoms with van der Waals surface area (Å²) in [5, 5.41) is 0. The van der Waals surface area contributed by atoms with Crippen molar-refractivity contribution in [3.05, 3.63) is 18.2 Å². The van der Waals surface area contributed by atoms with Crippen LogP contribution >= 0.6 is 0 Å². The average Bonchev–Trinajstić information content (AvgIpc) is 2.32. The molecular formula is C14H21N3O. The number of nitrogens with two attached hydrogens (primary N) is 1. The smallest absolute Gasteiger partial charge is 0.144 e. The Kier molecular flexibility index (Phi) is 2.63. The van der Waals surface area contributed by atoms with Gasteiger partial charge in [-0.05, 0) is 26.0 Å². The Morgan fingerprint density at radius 1 is 1.28 bits per heavy atom. The zero-order valence-corrected chi connectivity index (χ0v) is 11.1. The number of hydrogen-bond acceptors (Lipinski definition) is 4. The molecule has 1 aromatic carbocycles. The van der Waals surface area contributed by atoms with Crippen molar-refractivity contribution in [1.82, 2.24) is 0 Å². The van der Waals surface area contributed by atoms with Gasteiger partial charge in [-0.15, -0.1) is 0 Å². The minimum Gasteiger partial charge on any atom is -0.489 e. The second kappa shape index (κ2) is 4.05. The third-order valence-electron chi connectivity index (χ3n) is 3.49. The van der Waals surface area contributed by atoms with E-state index in [9.17, 15) is 0 Å². The molecule has 2 aliphatic heterocycles. The molecule has 0 saturated heterocycles. The Labute approximate surface area is 108 Å². The highest BCUT2D eigenvalue weighted by molar-refractivity contribution is 5.80. The van der Waals surface area contributed by atoms with Gasteiger partial charge in [-0.25, -0.2) is 0 Å². The summed E-state index contributed by atoms with van der Waals surface area (Å²) in [4.78, 5) is 4.80. The third kappa shape index (κ3) is 2.01. The van der Waals surface area contributed by atoms with Gasteiger partial charge in [0.25, 0.3) is 0 Å². The Morgan fingerprint density at radius 2 is 2.11 bits per heavy atom. The van der Waals surface area contributed by atoms with E-state index in [1.165, 1.54) is 11.4 Å². The summed E-state index contributed by atoms with van der Waals surface area (Å²) in [5.74, 6) is 1.01. The van der Waals surface area contributed by atoms with Gasteiger partial charge in [-0.2, -0.15) is 0 Å². The summed E-state index contributed by atoms with van der Waals surface area (Å²) in [6.45, 7) is 8.90. The lowest BCUT2D eigenvalue weighted by Crippen LogP contribution is -2.51. The second-order valence-electron chi connectivity index (χ2n) is 5.87. The molecule has 1 aromatic rings. The molecule has 0 aliphatic carbocycles. The molecule has 4 heteroatoms. The fourth-order valence-corrected chi connectivity index (χ4v) is 2.82. The van der Waals surface area contributed by atoms with Crippen LogP contribution in [0, 0.1) is 0 Å². The first kappa shape index (κ1) is 11.7. The van der Waals surface area contributed by atoms with E-state index >= 15 is 0 Å². The third-order valence-corrected chi connectivity index (χ3v) is 3.49. The molecule has 98 valence electrons. The molecule has 18 heavy (non-hydrogen) atoms. The predicted octanol–water partition coefficient (Wildman–Crippen LogP) is 1.44. The molecule has 0 aromatic heterocycles. The van der Waals surface area contributed by atoms with Crippen LogP contribution in [0.3, 0.4) is 0 Å². The maximum atomic E-state index is 6.16. The van der Waals surface area contributed by atoms with Crippen molar-refractivity contribution in [2.75, 3.05) is 42.6 Å². The predicted molar refractivity (Wildman–Crippen MR) is 74.6 cm³/mol. The van der Waals surface area contributed by atoms with E-state index in [0.717, 1.165) is 38.5 Å². The zero-order valence-electron chi connectivity index (χ0n) is 11.1. The van der Waals surface area contributed by atoms with E-state index < -0.39 is 0 Å². The SMILES string of the molecule is CC(C)(N)CN1CCN2CCOc3cccc1c32. The van der Waals surface area contributed by atoms with Gasteiger partial charge in [0.15, 0.2) is 0 Å². The van der Waals surface area contributed by atoms with Crippen LogP contribution in [0.5, 0.6) is 5.75 Å². The Hall–Kier alpha value is -1.42. The molecule has 0 atom stereocenters. The van der Waals surface area contributed by atoms with Gasteiger partial charge < -0.3 is 20.3 Å². The minimum absolute atomic E-state index is 0.180. The van der Waals surface area contributed by atoms with Crippen LogP contribution in [0.4, 0.5) is 11.4 Å². The molecule has 0 fully saturated rings. The highest BCUT2D eigenvalue weighted by Gasteiger charge is 2.30. The molecule has 2 heterocycles. The van der Waals surface area contributed by atoms with E-state index in [2.05, 4.69) is 41.8 Å². The Bertz CT molecular complexity index is 453. The maximum absolute atomic E-state index is 6.16. The molecule has 4 nitrogen and oxygen atoms in total.